The maximum Gasteiger partial charge on any atom is 0.335 e. The van der Waals surface area contributed by atoms with Crippen molar-refractivity contribution in [3.63, 3.8) is 0 Å². The standard InChI is InChI=1S/C30H44O10/c1-19(2)25(31)39-21(5)35-9-7-11-37-27(33)29-14-23-13-24(15-29)17-30(16-23,18-29)28(34)38-12-8-10-36-22(6)40-26(32)20(3)4/h21-24H,1,3,7-18H2,2,4-6H3. The molecule has 0 radical (unpaired) electrons. The highest BCUT2D eigenvalue weighted by Gasteiger charge is 2.64. The molecule has 0 aromatic heterocycles. The van der Waals surface area contributed by atoms with Crippen LogP contribution in [-0.2, 0) is 47.6 Å². The molecular weight excluding hydrogens is 520 g/mol. The van der Waals surface area contributed by atoms with Crippen LogP contribution >= 0.6 is 0 Å². The number of carbonyl (C=O) groups is 4. The maximum atomic E-state index is 13.3. The van der Waals surface area contributed by atoms with E-state index in [4.69, 9.17) is 28.4 Å². The largest absolute Gasteiger partial charge is 0.465 e. The minimum atomic E-state index is -0.719. The van der Waals surface area contributed by atoms with E-state index in [2.05, 4.69) is 13.2 Å². The van der Waals surface area contributed by atoms with Gasteiger partial charge in [0.25, 0.3) is 0 Å². The van der Waals surface area contributed by atoms with Gasteiger partial charge in [0.2, 0.25) is 0 Å². The minimum Gasteiger partial charge on any atom is -0.465 e. The SMILES string of the molecule is C=C(C)C(=O)OC(C)OCCCOC(=O)C12CC3CC(C1)CC(C(=O)OCCCOC(C)OC(=O)C(=C)C)(C3)C2. The molecule has 0 heterocycles. The highest BCUT2D eigenvalue weighted by molar-refractivity contribution is 5.87. The molecule has 224 valence electrons. The van der Waals surface area contributed by atoms with Crippen LogP contribution < -0.4 is 0 Å². The number of rotatable bonds is 16. The Morgan fingerprint density at radius 3 is 1.43 bits per heavy atom. The monoisotopic (exact) mass is 564 g/mol. The molecule has 0 N–H and O–H groups in total. The summed E-state index contributed by atoms with van der Waals surface area (Å²) >= 11 is 0. The van der Waals surface area contributed by atoms with Crippen LogP contribution in [0.15, 0.2) is 24.3 Å². The van der Waals surface area contributed by atoms with E-state index in [0.717, 1.165) is 32.1 Å². The van der Waals surface area contributed by atoms with Gasteiger partial charge in [-0.1, -0.05) is 13.2 Å². The lowest BCUT2D eigenvalue weighted by atomic mass is 9.44. The van der Waals surface area contributed by atoms with Gasteiger partial charge in [-0.05, 0) is 78.1 Å². The van der Waals surface area contributed by atoms with Gasteiger partial charge in [0.1, 0.15) is 0 Å². The average Bonchev–Trinajstić information content (AvgIpc) is 2.87. The summed E-state index contributed by atoms with van der Waals surface area (Å²) in [6.45, 7) is 14.4. The van der Waals surface area contributed by atoms with Crippen molar-refractivity contribution in [1.82, 2.24) is 0 Å². The number of hydrogen-bond acceptors (Lipinski definition) is 10. The van der Waals surface area contributed by atoms with E-state index in [0.29, 0.717) is 42.2 Å². The maximum absolute atomic E-state index is 13.3. The Hall–Kier alpha value is -2.72. The molecule has 4 aliphatic carbocycles. The zero-order valence-corrected chi connectivity index (χ0v) is 24.3. The molecule has 2 atom stereocenters. The summed E-state index contributed by atoms with van der Waals surface area (Å²) < 4.78 is 32.4. The van der Waals surface area contributed by atoms with Gasteiger partial charge in [0.05, 0.1) is 37.3 Å². The van der Waals surface area contributed by atoms with Crippen LogP contribution in [0.25, 0.3) is 0 Å². The summed E-state index contributed by atoms with van der Waals surface area (Å²) in [6.07, 6.45) is 3.96. The Morgan fingerprint density at radius 1 is 0.700 bits per heavy atom. The quantitative estimate of drug-likeness (QED) is 0.0876. The van der Waals surface area contributed by atoms with Crippen molar-refractivity contribution in [3.8, 4) is 0 Å². The van der Waals surface area contributed by atoms with Crippen molar-refractivity contribution >= 4 is 23.9 Å². The summed E-state index contributed by atoms with van der Waals surface area (Å²) in [6, 6.07) is 0. The van der Waals surface area contributed by atoms with Crippen molar-refractivity contribution in [2.24, 2.45) is 22.7 Å². The molecule has 2 unspecified atom stereocenters. The number of ether oxygens (including phenoxy) is 6. The number of carbonyl (C=O) groups excluding carboxylic acids is 4. The highest BCUT2D eigenvalue weighted by atomic mass is 16.7. The van der Waals surface area contributed by atoms with E-state index in [1.807, 2.05) is 0 Å². The first-order valence-corrected chi connectivity index (χ1v) is 14.2. The zero-order chi connectivity index (χ0) is 29.5. The summed E-state index contributed by atoms with van der Waals surface area (Å²) in [7, 11) is 0. The molecule has 10 nitrogen and oxygen atoms in total. The second-order valence-electron chi connectivity index (χ2n) is 11.7. The molecule has 40 heavy (non-hydrogen) atoms. The Kier molecular flexibility index (Phi) is 10.9. The molecule has 0 aromatic rings. The third-order valence-corrected chi connectivity index (χ3v) is 7.92. The minimum absolute atomic E-state index is 0.189. The molecule has 4 aliphatic rings. The van der Waals surface area contributed by atoms with Crippen molar-refractivity contribution in [3.05, 3.63) is 24.3 Å². The third-order valence-electron chi connectivity index (χ3n) is 7.92. The van der Waals surface area contributed by atoms with Crippen molar-refractivity contribution < 1.29 is 47.6 Å². The summed E-state index contributed by atoms with van der Waals surface area (Å²) in [5.41, 5.74) is -0.715. The Bertz CT molecular complexity index is 897. The normalized spacial score (nSPS) is 27.8. The molecule has 4 fully saturated rings. The van der Waals surface area contributed by atoms with E-state index in [1.165, 1.54) is 0 Å². The second-order valence-corrected chi connectivity index (χ2v) is 11.7. The van der Waals surface area contributed by atoms with Gasteiger partial charge in [-0.25, -0.2) is 9.59 Å². The number of hydrogen-bond donors (Lipinski definition) is 0. The predicted molar refractivity (Wildman–Crippen MR) is 143 cm³/mol. The molecule has 0 aliphatic heterocycles. The molecule has 4 saturated carbocycles. The van der Waals surface area contributed by atoms with Crippen LogP contribution in [0.5, 0.6) is 0 Å². The molecule has 4 rings (SSSR count). The van der Waals surface area contributed by atoms with E-state index in [9.17, 15) is 19.2 Å². The summed E-state index contributed by atoms with van der Waals surface area (Å²) in [5.74, 6) is -0.906. The van der Waals surface area contributed by atoms with Crippen molar-refractivity contribution in [2.75, 3.05) is 26.4 Å². The van der Waals surface area contributed by atoms with E-state index in [-0.39, 0.29) is 38.4 Å². The topological polar surface area (TPSA) is 124 Å². The smallest absolute Gasteiger partial charge is 0.335 e. The Balaban J connectivity index is 1.42. The lowest BCUT2D eigenvalue weighted by Gasteiger charge is -2.59. The molecule has 10 heteroatoms. The molecule has 4 bridgehead atoms. The van der Waals surface area contributed by atoms with E-state index in [1.54, 1.807) is 27.7 Å². The van der Waals surface area contributed by atoms with Gasteiger partial charge in [-0.3, -0.25) is 9.59 Å². The first-order chi connectivity index (χ1) is 18.9. The summed E-state index contributed by atoms with van der Waals surface area (Å²) in [4.78, 5) is 49.7. The fraction of sp³-hybridized carbons (Fsp3) is 0.733. The van der Waals surface area contributed by atoms with E-state index >= 15 is 0 Å². The Labute approximate surface area is 236 Å². The van der Waals surface area contributed by atoms with Crippen LogP contribution in [0.2, 0.25) is 0 Å². The second kappa shape index (κ2) is 13.8. The van der Waals surface area contributed by atoms with Crippen LogP contribution in [0.4, 0.5) is 0 Å². The predicted octanol–water partition coefficient (Wildman–Crippen LogP) is 4.40. The van der Waals surface area contributed by atoms with Gasteiger partial charge in [-0.2, -0.15) is 0 Å². The van der Waals surface area contributed by atoms with Gasteiger partial charge in [0, 0.05) is 24.0 Å². The highest BCUT2D eigenvalue weighted by Crippen LogP contribution is 2.66. The van der Waals surface area contributed by atoms with Gasteiger partial charge in [-0.15, -0.1) is 0 Å². The average molecular weight is 565 g/mol. The molecule has 0 amide bonds. The van der Waals surface area contributed by atoms with Crippen molar-refractivity contribution in [1.29, 1.82) is 0 Å². The van der Waals surface area contributed by atoms with Crippen LogP contribution in [0.3, 0.4) is 0 Å². The molecule has 0 spiro atoms. The van der Waals surface area contributed by atoms with Gasteiger partial charge >= 0.3 is 23.9 Å². The molecular formula is C30H44O10. The fourth-order valence-corrected chi connectivity index (χ4v) is 6.56. The first kappa shape index (κ1) is 31.8. The van der Waals surface area contributed by atoms with Gasteiger partial charge < -0.3 is 28.4 Å². The summed E-state index contributed by atoms with van der Waals surface area (Å²) in [5, 5.41) is 0. The molecule has 0 saturated heterocycles. The number of esters is 4. The third kappa shape index (κ3) is 8.16. The van der Waals surface area contributed by atoms with Crippen molar-refractivity contribution in [2.45, 2.75) is 91.6 Å². The fourth-order valence-electron chi connectivity index (χ4n) is 6.56. The molecule has 0 aromatic carbocycles. The lowest BCUT2D eigenvalue weighted by molar-refractivity contribution is -0.194. The first-order valence-electron chi connectivity index (χ1n) is 14.2. The van der Waals surface area contributed by atoms with Gasteiger partial charge in [0.15, 0.2) is 12.6 Å². The lowest BCUT2D eigenvalue weighted by Crippen LogP contribution is -2.58. The van der Waals surface area contributed by atoms with Crippen LogP contribution in [0.1, 0.15) is 79.1 Å². The zero-order valence-electron chi connectivity index (χ0n) is 24.3. The van der Waals surface area contributed by atoms with E-state index < -0.39 is 35.3 Å². The Morgan fingerprint density at radius 2 is 1.07 bits per heavy atom. The van der Waals surface area contributed by atoms with Crippen LogP contribution in [0, 0.1) is 22.7 Å². The van der Waals surface area contributed by atoms with Crippen LogP contribution in [-0.4, -0.2) is 62.9 Å².